The van der Waals surface area contributed by atoms with Crippen molar-refractivity contribution in [2.24, 2.45) is 0 Å². The molecule has 3 aliphatic rings. The SMILES string of the molecule is CO[C@H]1[C@H](O[C@H]2[C@H](O)[C@@H](CO)O[C@@H](O[C@@H]3[C@@H](O)[C@H](O)O[C@H](CO)[C@@H]3O)[C@@H]2NC(C)=O)O[C@H](CO)[C@H](O)[C@@H]1O. The van der Waals surface area contributed by atoms with E-state index in [4.69, 9.17) is 28.4 Å². The zero-order valence-corrected chi connectivity index (χ0v) is 20.7. The second kappa shape index (κ2) is 13.5. The van der Waals surface area contributed by atoms with E-state index < -0.39 is 118 Å². The first-order chi connectivity index (χ1) is 18.0. The number of carbonyl (C=O) groups is 1. The van der Waals surface area contributed by atoms with Crippen molar-refractivity contribution in [2.45, 2.75) is 99.0 Å². The van der Waals surface area contributed by atoms with Crippen LogP contribution in [0.1, 0.15) is 6.92 Å². The molecule has 0 aromatic carbocycles. The smallest absolute Gasteiger partial charge is 0.217 e. The van der Waals surface area contributed by atoms with Gasteiger partial charge in [0.15, 0.2) is 18.9 Å². The highest BCUT2D eigenvalue weighted by Crippen LogP contribution is 2.32. The molecule has 3 rings (SSSR count). The van der Waals surface area contributed by atoms with E-state index in [9.17, 15) is 50.8 Å². The summed E-state index contributed by atoms with van der Waals surface area (Å²) in [6.07, 6.45) is -21.9. The lowest BCUT2D eigenvalue weighted by Gasteiger charge is -2.49. The van der Waals surface area contributed by atoms with Crippen molar-refractivity contribution in [1.29, 1.82) is 0 Å². The lowest BCUT2D eigenvalue weighted by molar-refractivity contribution is -0.364. The Morgan fingerprint density at radius 3 is 1.74 bits per heavy atom. The highest BCUT2D eigenvalue weighted by atomic mass is 16.7. The number of nitrogens with one attached hydrogen (secondary N) is 1. The second-order valence-corrected chi connectivity index (χ2v) is 9.28. The molecule has 0 aromatic heterocycles. The molecule has 10 N–H and O–H groups in total. The lowest BCUT2D eigenvalue weighted by Crippen LogP contribution is -2.69. The van der Waals surface area contributed by atoms with Crippen LogP contribution in [0.3, 0.4) is 0 Å². The number of rotatable bonds is 9. The fourth-order valence-electron chi connectivity index (χ4n) is 4.69. The molecule has 1 amide bonds. The number of methoxy groups -OCH3 is 1. The van der Waals surface area contributed by atoms with Crippen LogP contribution in [0.4, 0.5) is 0 Å². The van der Waals surface area contributed by atoms with Gasteiger partial charge in [-0.05, 0) is 0 Å². The molecular weight excluding hydrogens is 522 g/mol. The van der Waals surface area contributed by atoms with Crippen LogP contribution in [0.2, 0.25) is 0 Å². The van der Waals surface area contributed by atoms with Gasteiger partial charge in [0.2, 0.25) is 5.91 Å². The Labute approximate surface area is 217 Å². The van der Waals surface area contributed by atoms with Gasteiger partial charge in [-0.15, -0.1) is 0 Å². The third-order valence-corrected chi connectivity index (χ3v) is 6.74. The standard InChI is InChI=1S/C21H37NO16/c1-6(26)22-10-16(37-21-18(33-2)14(30)11(27)7(3-23)36-21)12(28)9(5-25)35-20(10)38-17-13(29)8(4-24)34-19(32)15(17)31/h7-21,23-25,27-32H,3-5H2,1-2H3,(H,22,26)/t7-,8-,9-,10-,11+,12-,13+,14+,15-,16-,17+,18-,19-,20+,21+/m1/s1. The summed E-state index contributed by atoms with van der Waals surface area (Å²) < 4.78 is 32.8. The summed E-state index contributed by atoms with van der Waals surface area (Å²) in [7, 11) is 1.19. The summed E-state index contributed by atoms with van der Waals surface area (Å²) >= 11 is 0. The van der Waals surface area contributed by atoms with Crippen LogP contribution in [0.5, 0.6) is 0 Å². The number of hydrogen-bond donors (Lipinski definition) is 10. The van der Waals surface area contributed by atoms with E-state index >= 15 is 0 Å². The van der Waals surface area contributed by atoms with Crippen molar-refractivity contribution in [3.8, 4) is 0 Å². The predicted molar refractivity (Wildman–Crippen MR) is 118 cm³/mol. The van der Waals surface area contributed by atoms with Gasteiger partial charge in [0.05, 0.1) is 19.8 Å². The first-order valence-corrected chi connectivity index (χ1v) is 12.0. The summed E-state index contributed by atoms with van der Waals surface area (Å²) in [6.45, 7) is -1.11. The fraction of sp³-hybridized carbons (Fsp3) is 0.952. The van der Waals surface area contributed by atoms with E-state index in [2.05, 4.69) is 5.32 Å². The fourth-order valence-corrected chi connectivity index (χ4v) is 4.69. The molecule has 3 saturated heterocycles. The summed E-state index contributed by atoms with van der Waals surface area (Å²) in [5.74, 6) is -0.659. The molecule has 0 bridgehead atoms. The van der Waals surface area contributed by atoms with Crippen molar-refractivity contribution in [2.75, 3.05) is 26.9 Å². The van der Waals surface area contributed by atoms with Gasteiger partial charge >= 0.3 is 0 Å². The molecule has 3 heterocycles. The largest absolute Gasteiger partial charge is 0.394 e. The zero-order valence-electron chi connectivity index (χ0n) is 20.7. The molecule has 3 aliphatic heterocycles. The molecule has 0 aliphatic carbocycles. The number of aliphatic hydroxyl groups excluding tert-OH is 9. The third-order valence-electron chi connectivity index (χ3n) is 6.74. The average Bonchev–Trinajstić information content (AvgIpc) is 2.88. The minimum absolute atomic E-state index is 0.659. The molecule has 17 nitrogen and oxygen atoms in total. The van der Waals surface area contributed by atoms with Gasteiger partial charge in [-0.25, -0.2) is 0 Å². The average molecular weight is 560 g/mol. The summed E-state index contributed by atoms with van der Waals surface area (Å²) in [5, 5.41) is 93.7. The van der Waals surface area contributed by atoms with Gasteiger partial charge in [-0.3, -0.25) is 4.79 Å². The highest BCUT2D eigenvalue weighted by Gasteiger charge is 2.54. The zero-order chi connectivity index (χ0) is 28.3. The summed E-state index contributed by atoms with van der Waals surface area (Å²) in [4.78, 5) is 12.1. The van der Waals surface area contributed by atoms with Crippen LogP contribution < -0.4 is 5.32 Å². The Morgan fingerprint density at radius 2 is 1.18 bits per heavy atom. The van der Waals surface area contributed by atoms with Gasteiger partial charge in [0.25, 0.3) is 0 Å². The molecule has 0 radical (unpaired) electrons. The quantitative estimate of drug-likeness (QED) is 0.126. The van der Waals surface area contributed by atoms with Crippen LogP contribution in [-0.2, 0) is 33.2 Å². The first kappa shape index (κ1) is 31.4. The Kier molecular flexibility index (Phi) is 11.1. The maximum absolute atomic E-state index is 12.1. The van der Waals surface area contributed by atoms with Crippen LogP contribution in [0, 0.1) is 0 Å². The Balaban J connectivity index is 1.92. The van der Waals surface area contributed by atoms with Gasteiger partial charge in [0.1, 0.15) is 73.2 Å². The van der Waals surface area contributed by atoms with E-state index in [1.54, 1.807) is 0 Å². The first-order valence-electron chi connectivity index (χ1n) is 12.0. The Hall–Kier alpha value is -1.13. The van der Waals surface area contributed by atoms with Crippen LogP contribution in [0.15, 0.2) is 0 Å². The number of aliphatic hydroxyl groups is 9. The van der Waals surface area contributed by atoms with E-state index in [0.29, 0.717) is 0 Å². The lowest BCUT2D eigenvalue weighted by atomic mass is 9.94. The number of hydrogen-bond acceptors (Lipinski definition) is 16. The van der Waals surface area contributed by atoms with Crippen LogP contribution >= 0.6 is 0 Å². The van der Waals surface area contributed by atoms with Crippen molar-refractivity contribution >= 4 is 5.91 Å². The number of ether oxygens (including phenoxy) is 6. The van der Waals surface area contributed by atoms with Crippen molar-refractivity contribution in [3.63, 3.8) is 0 Å². The van der Waals surface area contributed by atoms with E-state index in [-0.39, 0.29) is 0 Å². The van der Waals surface area contributed by atoms with Crippen LogP contribution in [-0.4, -0.2) is 171 Å². The molecule has 17 heteroatoms. The van der Waals surface area contributed by atoms with E-state index in [1.165, 1.54) is 7.11 Å². The summed E-state index contributed by atoms with van der Waals surface area (Å²) in [5.41, 5.74) is 0. The van der Waals surface area contributed by atoms with Gasteiger partial charge in [-0.2, -0.15) is 0 Å². The molecule has 222 valence electrons. The number of amides is 1. The molecule has 38 heavy (non-hydrogen) atoms. The van der Waals surface area contributed by atoms with E-state index in [0.717, 1.165) is 6.92 Å². The van der Waals surface area contributed by atoms with Crippen molar-refractivity contribution in [1.82, 2.24) is 5.32 Å². The third kappa shape index (κ3) is 6.43. The van der Waals surface area contributed by atoms with Crippen LogP contribution in [0.25, 0.3) is 0 Å². The minimum atomic E-state index is -1.86. The Morgan fingerprint density at radius 1 is 0.684 bits per heavy atom. The van der Waals surface area contributed by atoms with Gasteiger partial charge in [0, 0.05) is 14.0 Å². The van der Waals surface area contributed by atoms with Gasteiger partial charge in [-0.1, -0.05) is 0 Å². The molecule has 0 aromatic rings. The molecule has 0 spiro atoms. The topological polar surface area (TPSA) is 267 Å². The normalized spacial score (nSPS) is 48.0. The molecular formula is C21H37NO16. The monoisotopic (exact) mass is 559 g/mol. The maximum atomic E-state index is 12.1. The van der Waals surface area contributed by atoms with Gasteiger partial charge < -0.3 is 79.7 Å². The predicted octanol–water partition coefficient (Wildman–Crippen LogP) is -6.78. The maximum Gasteiger partial charge on any atom is 0.217 e. The highest BCUT2D eigenvalue weighted by molar-refractivity contribution is 5.73. The summed E-state index contributed by atoms with van der Waals surface area (Å²) in [6, 6.07) is -1.42. The molecule has 15 atom stereocenters. The molecule has 0 saturated carbocycles. The molecule has 0 unspecified atom stereocenters. The minimum Gasteiger partial charge on any atom is -0.394 e. The number of carbonyl (C=O) groups excluding carboxylic acids is 1. The second-order valence-electron chi connectivity index (χ2n) is 9.28. The Bertz CT molecular complexity index is 763. The van der Waals surface area contributed by atoms with E-state index in [1.807, 2.05) is 0 Å². The molecule has 3 fully saturated rings. The van der Waals surface area contributed by atoms with Crippen molar-refractivity contribution in [3.05, 3.63) is 0 Å². The van der Waals surface area contributed by atoms with Crippen molar-refractivity contribution < 1.29 is 79.2 Å².